The Labute approximate surface area is 173 Å². The Bertz CT molecular complexity index is 1060. The number of benzene rings is 2. The number of esters is 1. The number of amides is 1. The van der Waals surface area contributed by atoms with E-state index in [9.17, 15) is 22.8 Å². The molecule has 3 rings (SSSR count). The molecule has 0 radical (unpaired) electrons. The molecular formula is C19H15ClF3N3O4. The molecule has 158 valence electrons. The Kier molecular flexibility index (Phi) is 6.06. The van der Waals surface area contributed by atoms with Gasteiger partial charge in [0.1, 0.15) is 5.75 Å². The Morgan fingerprint density at radius 2 is 1.93 bits per heavy atom. The molecule has 30 heavy (non-hydrogen) atoms. The zero-order chi connectivity index (χ0) is 21.9. The number of halogens is 4. The zero-order valence-electron chi connectivity index (χ0n) is 15.4. The molecule has 0 unspecified atom stereocenters. The maximum atomic E-state index is 12.9. The molecule has 2 aromatic carbocycles. The third-order valence-corrected chi connectivity index (χ3v) is 4.26. The van der Waals surface area contributed by atoms with Gasteiger partial charge >= 0.3 is 12.1 Å². The summed E-state index contributed by atoms with van der Waals surface area (Å²) in [6.45, 7) is -0.426. The SMILES string of the molecule is COC(=O)c1cn(-c2cccc(OCC(=O)Nc3ccc(Cl)c(C(F)(F)F)c3)c2)[nH]1. The first kappa shape index (κ1) is 21.3. The van der Waals surface area contributed by atoms with E-state index in [1.807, 2.05) is 0 Å². The monoisotopic (exact) mass is 441 g/mol. The van der Waals surface area contributed by atoms with Gasteiger partial charge in [-0.3, -0.25) is 14.6 Å². The minimum Gasteiger partial charge on any atom is -0.484 e. The van der Waals surface area contributed by atoms with Gasteiger partial charge in [-0.25, -0.2) is 4.79 Å². The normalized spacial score (nSPS) is 11.2. The number of carbonyl (C=O) groups excluding carboxylic acids is 2. The third-order valence-electron chi connectivity index (χ3n) is 3.93. The lowest BCUT2D eigenvalue weighted by atomic mass is 10.2. The van der Waals surface area contributed by atoms with E-state index in [1.54, 1.807) is 28.9 Å². The summed E-state index contributed by atoms with van der Waals surface area (Å²) in [5.74, 6) is -0.812. The molecule has 0 saturated heterocycles. The van der Waals surface area contributed by atoms with E-state index in [0.29, 0.717) is 11.4 Å². The number of H-pyrrole nitrogens is 1. The van der Waals surface area contributed by atoms with Crippen LogP contribution in [0.15, 0.2) is 48.7 Å². The molecule has 0 fully saturated rings. The third kappa shape index (κ3) is 4.95. The first-order valence-electron chi connectivity index (χ1n) is 8.43. The van der Waals surface area contributed by atoms with Gasteiger partial charge in [-0.1, -0.05) is 17.7 Å². The predicted molar refractivity (Wildman–Crippen MR) is 102 cm³/mol. The molecule has 11 heteroatoms. The topological polar surface area (TPSA) is 85.3 Å². The lowest BCUT2D eigenvalue weighted by molar-refractivity contribution is -0.137. The van der Waals surface area contributed by atoms with Gasteiger partial charge in [0, 0.05) is 11.8 Å². The van der Waals surface area contributed by atoms with Crippen molar-refractivity contribution >= 4 is 29.2 Å². The van der Waals surface area contributed by atoms with Gasteiger partial charge in [0.15, 0.2) is 12.3 Å². The van der Waals surface area contributed by atoms with E-state index in [4.69, 9.17) is 16.3 Å². The molecule has 0 bridgehead atoms. The molecule has 1 heterocycles. The van der Waals surface area contributed by atoms with Crippen LogP contribution in [0.25, 0.3) is 5.69 Å². The van der Waals surface area contributed by atoms with Crippen LogP contribution in [0, 0.1) is 0 Å². The van der Waals surface area contributed by atoms with Crippen LogP contribution in [0.1, 0.15) is 16.1 Å². The van der Waals surface area contributed by atoms with Gasteiger partial charge in [-0.2, -0.15) is 13.2 Å². The molecule has 0 atom stereocenters. The number of methoxy groups -OCH3 is 1. The maximum Gasteiger partial charge on any atom is 0.417 e. The van der Waals surface area contributed by atoms with Crippen LogP contribution < -0.4 is 10.1 Å². The Balaban J connectivity index is 1.61. The Morgan fingerprint density at radius 3 is 2.60 bits per heavy atom. The highest BCUT2D eigenvalue weighted by molar-refractivity contribution is 6.31. The number of carbonyl (C=O) groups is 2. The number of hydrogen-bond donors (Lipinski definition) is 2. The van der Waals surface area contributed by atoms with Gasteiger partial charge in [-0.05, 0) is 30.3 Å². The number of nitrogens with one attached hydrogen (secondary N) is 2. The minimum absolute atomic E-state index is 0.0562. The lowest BCUT2D eigenvalue weighted by Crippen LogP contribution is -2.21. The highest BCUT2D eigenvalue weighted by Gasteiger charge is 2.33. The number of rotatable bonds is 6. The van der Waals surface area contributed by atoms with Crippen molar-refractivity contribution in [2.45, 2.75) is 6.18 Å². The van der Waals surface area contributed by atoms with E-state index in [2.05, 4.69) is 15.2 Å². The molecule has 0 saturated carbocycles. The van der Waals surface area contributed by atoms with E-state index >= 15 is 0 Å². The van der Waals surface area contributed by atoms with Crippen LogP contribution in [0.2, 0.25) is 5.02 Å². The van der Waals surface area contributed by atoms with Crippen LogP contribution in [-0.4, -0.2) is 35.4 Å². The quantitative estimate of drug-likeness (QED) is 0.559. The smallest absolute Gasteiger partial charge is 0.417 e. The fourth-order valence-corrected chi connectivity index (χ4v) is 2.72. The van der Waals surface area contributed by atoms with Crippen molar-refractivity contribution in [3.63, 3.8) is 0 Å². The van der Waals surface area contributed by atoms with Crippen molar-refractivity contribution in [3.05, 3.63) is 64.9 Å². The zero-order valence-corrected chi connectivity index (χ0v) is 16.2. The summed E-state index contributed by atoms with van der Waals surface area (Å²) in [7, 11) is 1.26. The van der Waals surface area contributed by atoms with Crippen LogP contribution >= 0.6 is 11.6 Å². The van der Waals surface area contributed by atoms with Crippen LogP contribution in [0.5, 0.6) is 5.75 Å². The minimum atomic E-state index is -4.64. The second-order valence-electron chi connectivity index (χ2n) is 6.04. The van der Waals surface area contributed by atoms with E-state index in [1.165, 1.54) is 19.4 Å². The lowest BCUT2D eigenvalue weighted by Gasteiger charge is -2.15. The molecule has 7 nitrogen and oxygen atoms in total. The molecule has 2 N–H and O–H groups in total. The van der Waals surface area contributed by atoms with E-state index in [0.717, 1.165) is 12.1 Å². The van der Waals surface area contributed by atoms with E-state index in [-0.39, 0.29) is 11.4 Å². The van der Waals surface area contributed by atoms with E-state index < -0.39 is 35.2 Å². The first-order chi connectivity index (χ1) is 14.2. The standard InChI is InChI=1S/C19H15ClF3N3O4/c1-29-18(28)16-9-26(25-16)12-3-2-4-13(8-12)30-10-17(27)24-11-5-6-15(20)14(7-11)19(21,22)23/h2-9,25H,10H2,1H3,(H,24,27). The Morgan fingerprint density at radius 1 is 1.20 bits per heavy atom. The number of alkyl halides is 3. The van der Waals surface area contributed by atoms with Crippen LogP contribution in [0.3, 0.4) is 0 Å². The summed E-state index contributed by atoms with van der Waals surface area (Å²) in [6.07, 6.45) is -3.11. The van der Waals surface area contributed by atoms with Crippen molar-refractivity contribution in [1.82, 2.24) is 9.78 Å². The Hall–Kier alpha value is -3.40. The maximum absolute atomic E-state index is 12.9. The first-order valence-corrected chi connectivity index (χ1v) is 8.80. The highest BCUT2D eigenvalue weighted by Crippen LogP contribution is 2.36. The summed E-state index contributed by atoms with van der Waals surface area (Å²) in [6, 6.07) is 9.68. The molecule has 0 aliphatic carbocycles. The average Bonchev–Trinajstić information content (AvgIpc) is 2.66. The molecule has 1 aromatic heterocycles. The molecular weight excluding hydrogens is 427 g/mol. The summed E-state index contributed by atoms with van der Waals surface area (Å²) in [5, 5.41) is 4.65. The predicted octanol–water partition coefficient (Wildman–Crippen LogP) is 4.28. The van der Waals surface area contributed by atoms with Gasteiger partial charge in [0.2, 0.25) is 0 Å². The fourth-order valence-electron chi connectivity index (χ4n) is 2.49. The van der Waals surface area contributed by atoms with Crippen molar-refractivity contribution in [1.29, 1.82) is 0 Å². The van der Waals surface area contributed by atoms with Crippen molar-refractivity contribution in [3.8, 4) is 11.4 Å². The van der Waals surface area contributed by atoms with Crippen molar-refractivity contribution in [2.24, 2.45) is 0 Å². The summed E-state index contributed by atoms with van der Waals surface area (Å²) >= 11 is 5.55. The largest absolute Gasteiger partial charge is 0.484 e. The van der Waals surface area contributed by atoms with Crippen molar-refractivity contribution < 1.29 is 32.2 Å². The fraction of sp³-hybridized carbons (Fsp3) is 0.158. The summed E-state index contributed by atoms with van der Waals surface area (Å²) in [4.78, 5) is 23.4. The summed E-state index contributed by atoms with van der Waals surface area (Å²) < 4.78 is 50.2. The van der Waals surface area contributed by atoms with Gasteiger partial charge in [-0.15, -0.1) is 0 Å². The number of aromatic amines is 1. The molecule has 0 spiro atoms. The number of ether oxygens (including phenoxy) is 2. The highest BCUT2D eigenvalue weighted by atomic mass is 35.5. The van der Waals surface area contributed by atoms with Gasteiger partial charge < -0.3 is 14.8 Å². The van der Waals surface area contributed by atoms with Crippen LogP contribution in [0.4, 0.5) is 18.9 Å². The van der Waals surface area contributed by atoms with Crippen LogP contribution in [-0.2, 0) is 15.7 Å². The number of nitrogens with zero attached hydrogens (tertiary/aromatic N) is 1. The molecule has 0 aliphatic heterocycles. The molecule has 0 aliphatic rings. The second-order valence-corrected chi connectivity index (χ2v) is 6.45. The van der Waals surface area contributed by atoms with Crippen molar-refractivity contribution in [2.75, 3.05) is 19.0 Å². The molecule has 1 amide bonds. The second kappa shape index (κ2) is 8.54. The van der Waals surface area contributed by atoms with Gasteiger partial charge in [0.25, 0.3) is 5.91 Å². The summed E-state index contributed by atoms with van der Waals surface area (Å²) in [5.41, 5.74) is -0.186. The molecule has 3 aromatic rings. The van der Waals surface area contributed by atoms with Gasteiger partial charge in [0.05, 0.1) is 29.6 Å². The number of hydrogen-bond acceptors (Lipinski definition) is 4. The number of anilines is 1. The number of aromatic nitrogens is 2. The average molecular weight is 442 g/mol.